The molecule has 0 saturated heterocycles. The van der Waals surface area contributed by atoms with E-state index in [9.17, 15) is 19.8 Å². The number of para-hydroxylation sites is 1. The Kier molecular flexibility index (Phi) is 7.48. The molecule has 0 fully saturated rings. The quantitative estimate of drug-likeness (QED) is 0.284. The zero-order chi connectivity index (χ0) is 24.8. The molecular weight excluding hydrogens is 442 g/mol. The zero-order valence-corrected chi connectivity index (χ0v) is 19.5. The van der Waals surface area contributed by atoms with Crippen molar-refractivity contribution in [3.05, 3.63) is 107 Å². The van der Waals surface area contributed by atoms with Crippen molar-refractivity contribution in [2.75, 3.05) is 11.9 Å². The molecule has 0 aliphatic heterocycles. The maximum absolute atomic E-state index is 12.9. The molecule has 0 bridgehead atoms. The Bertz CT molecular complexity index is 1230. The van der Waals surface area contributed by atoms with Crippen LogP contribution in [0.1, 0.15) is 53.3 Å². The topological polar surface area (TPSA) is 111 Å². The van der Waals surface area contributed by atoms with E-state index in [1.165, 1.54) is 6.07 Å². The molecule has 5 N–H and O–H groups in total. The van der Waals surface area contributed by atoms with Gasteiger partial charge in [0.2, 0.25) is 0 Å². The van der Waals surface area contributed by atoms with Crippen LogP contribution in [0, 0.1) is 0 Å². The summed E-state index contributed by atoms with van der Waals surface area (Å²) in [7, 11) is 0. The molecule has 0 heterocycles. The summed E-state index contributed by atoms with van der Waals surface area (Å²) in [5, 5.41) is 29.8. The van der Waals surface area contributed by atoms with Crippen LogP contribution in [-0.4, -0.2) is 28.5 Å². The van der Waals surface area contributed by atoms with Gasteiger partial charge in [-0.25, -0.2) is 0 Å². The third-order valence-electron chi connectivity index (χ3n) is 6.11. The summed E-state index contributed by atoms with van der Waals surface area (Å²) >= 11 is 0. The first-order chi connectivity index (χ1) is 17.0. The van der Waals surface area contributed by atoms with E-state index in [1.54, 1.807) is 24.3 Å². The van der Waals surface area contributed by atoms with E-state index in [0.29, 0.717) is 5.70 Å². The van der Waals surface area contributed by atoms with Crippen molar-refractivity contribution in [1.82, 2.24) is 10.6 Å². The highest BCUT2D eigenvalue weighted by Gasteiger charge is 2.30. The fourth-order valence-electron chi connectivity index (χ4n) is 4.10. The van der Waals surface area contributed by atoms with Crippen molar-refractivity contribution in [2.24, 2.45) is 0 Å². The summed E-state index contributed by atoms with van der Waals surface area (Å²) in [4.78, 5) is 25.3. The lowest BCUT2D eigenvalue weighted by Crippen LogP contribution is -2.34. The zero-order valence-electron chi connectivity index (χ0n) is 19.5. The number of aliphatic hydroxyl groups excluding tert-OH is 1. The van der Waals surface area contributed by atoms with Gasteiger partial charge in [-0.2, -0.15) is 0 Å². The lowest BCUT2D eigenvalue weighted by molar-refractivity contribution is -0.116. The maximum Gasteiger partial charge on any atom is 0.255 e. The molecule has 0 aromatic heterocycles. The largest absolute Gasteiger partial charge is 0.505 e. The number of hydrogen-bond donors (Lipinski definition) is 5. The molecule has 2 atom stereocenters. The number of allylic oxidation sites excluding steroid dienone is 2. The van der Waals surface area contributed by atoms with Gasteiger partial charge in [-0.3, -0.25) is 9.59 Å². The number of benzene rings is 3. The summed E-state index contributed by atoms with van der Waals surface area (Å²) in [5.74, 6) is -0.873. The molecule has 4 rings (SSSR count). The number of aromatic hydroxyl groups is 1. The Morgan fingerprint density at radius 1 is 0.914 bits per heavy atom. The summed E-state index contributed by atoms with van der Waals surface area (Å²) in [5.41, 5.74) is 3.32. The van der Waals surface area contributed by atoms with Crippen LogP contribution in [0.5, 0.6) is 5.75 Å². The monoisotopic (exact) mass is 471 g/mol. The predicted octanol–water partition coefficient (Wildman–Crippen LogP) is 4.19. The number of carbonyl (C=O) groups is 2. The van der Waals surface area contributed by atoms with Crippen LogP contribution in [-0.2, 0) is 4.79 Å². The normalized spacial score (nSPS) is 14.6. The summed E-state index contributed by atoms with van der Waals surface area (Å²) in [6, 6.07) is 23.3. The van der Waals surface area contributed by atoms with Gasteiger partial charge in [0.05, 0.1) is 36.4 Å². The van der Waals surface area contributed by atoms with Crippen molar-refractivity contribution in [1.29, 1.82) is 0 Å². The molecule has 1 unspecified atom stereocenters. The highest BCUT2D eigenvalue weighted by Crippen LogP contribution is 2.33. The Morgan fingerprint density at radius 2 is 1.54 bits per heavy atom. The van der Waals surface area contributed by atoms with Crippen molar-refractivity contribution in [3.8, 4) is 5.75 Å². The van der Waals surface area contributed by atoms with Crippen LogP contribution in [0.2, 0.25) is 0 Å². The summed E-state index contributed by atoms with van der Waals surface area (Å²) < 4.78 is 0. The summed E-state index contributed by atoms with van der Waals surface area (Å²) in [6.07, 6.45) is 1.12. The first kappa shape index (κ1) is 24.0. The Labute approximate surface area is 204 Å². The second-order valence-corrected chi connectivity index (χ2v) is 8.42. The molecule has 0 saturated carbocycles. The van der Waals surface area contributed by atoms with Crippen LogP contribution >= 0.6 is 0 Å². The molecule has 1 aliphatic carbocycles. The lowest BCUT2D eigenvalue weighted by atomic mass is 9.95. The third-order valence-corrected chi connectivity index (χ3v) is 6.11. The first-order valence-corrected chi connectivity index (χ1v) is 11.6. The molecule has 1 aliphatic rings. The fourth-order valence-corrected chi connectivity index (χ4v) is 4.10. The van der Waals surface area contributed by atoms with Gasteiger partial charge >= 0.3 is 0 Å². The third kappa shape index (κ3) is 5.36. The molecule has 0 spiro atoms. The van der Waals surface area contributed by atoms with E-state index in [2.05, 4.69) is 22.9 Å². The first-order valence-electron chi connectivity index (χ1n) is 11.6. The average Bonchev–Trinajstić information content (AvgIpc) is 2.89. The second kappa shape index (κ2) is 10.9. The number of Topliss-reactive ketones (excluding diaryl/α,β-unsaturated/α-hetero) is 1. The SMILES string of the molecule is CC[C@@H](NC1=C(Nc2cccc(C(=O)NC(CO)c3ccccc3)c2O)C(=O)C1)c1ccccc1. The smallest absolute Gasteiger partial charge is 0.255 e. The number of anilines is 1. The molecule has 3 aromatic carbocycles. The Balaban J connectivity index is 1.52. The molecular formula is C28H29N3O4. The van der Waals surface area contributed by atoms with Gasteiger partial charge in [0.25, 0.3) is 5.91 Å². The second-order valence-electron chi connectivity index (χ2n) is 8.42. The van der Waals surface area contributed by atoms with E-state index in [-0.39, 0.29) is 41.9 Å². The van der Waals surface area contributed by atoms with Crippen molar-refractivity contribution < 1.29 is 19.8 Å². The summed E-state index contributed by atoms with van der Waals surface area (Å²) in [6.45, 7) is 1.78. The van der Waals surface area contributed by atoms with Crippen LogP contribution in [0.3, 0.4) is 0 Å². The molecule has 7 nitrogen and oxygen atoms in total. The minimum absolute atomic E-state index is 0.0435. The number of rotatable bonds is 10. The van der Waals surface area contributed by atoms with E-state index < -0.39 is 11.9 Å². The van der Waals surface area contributed by atoms with Gasteiger partial charge in [0, 0.05) is 5.70 Å². The number of carbonyl (C=O) groups excluding carboxylic acids is 2. The number of amides is 1. The minimum Gasteiger partial charge on any atom is -0.505 e. The van der Waals surface area contributed by atoms with Crippen molar-refractivity contribution in [3.63, 3.8) is 0 Å². The highest BCUT2D eigenvalue weighted by atomic mass is 16.3. The molecule has 7 heteroatoms. The van der Waals surface area contributed by atoms with Crippen LogP contribution in [0.15, 0.2) is 90.3 Å². The van der Waals surface area contributed by atoms with E-state index in [4.69, 9.17) is 0 Å². The number of aliphatic hydroxyl groups is 1. The number of ketones is 1. The molecule has 180 valence electrons. The van der Waals surface area contributed by atoms with Crippen molar-refractivity contribution >= 4 is 17.4 Å². The number of nitrogens with one attached hydrogen (secondary N) is 3. The van der Waals surface area contributed by atoms with Crippen LogP contribution in [0.25, 0.3) is 0 Å². The number of hydrogen-bond acceptors (Lipinski definition) is 6. The Hall–Kier alpha value is -4.10. The average molecular weight is 472 g/mol. The minimum atomic E-state index is -0.615. The standard InChI is InChI=1S/C28H29N3O4/c1-2-21(18-10-5-3-6-11-18)29-23-16-25(33)26(23)30-22-15-9-14-20(27(22)34)28(35)31-24(17-32)19-12-7-4-8-13-19/h3-15,21,24,29-30,32,34H,2,16-17H2,1H3,(H,31,35)/t21-,24?/m1/s1. The van der Waals surface area contributed by atoms with Crippen molar-refractivity contribution in [2.45, 2.75) is 31.8 Å². The molecule has 3 aromatic rings. The van der Waals surface area contributed by atoms with E-state index >= 15 is 0 Å². The van der Waals surface area contributed by atoms with E-state index in [1.807, 2.05) is 48.5 Å². The maximum atomic E-state index is 12.9. The van der Waals surface area contributed by atoms with Crippen LogP contribution < -0.4 is 16.0 Å². The van der Waals surface area contributed by atoms with Gasteiger partial charge in [-0.15, -0.1) is 0 Å². The molecule has 0 radical (unpaired) electrons. The Morgan fingerprint density at radius 3 is 2.11 bits per heavy atom. The lowest BCUT2D eigenvalue weighted by Gasteiger charge is -2.29. The molecule has 1 amide bonds. The van der Waals surface area contributed by atoms with Gasteiger partial charge in [0.15, 0.2) is 11.5 Å². The predicted molar refractivity (Wildman–Crippen MR) is 135 cm³/mol. The number of phenols is 1. The van der Waals surface area contributed by atoms with Gasteiger partial charge in [-0.1, -0.05) is 73.7 Å². The molecule has 35 heavy (non-hydrogen) atoms. The van der Waals surface area contributed by atoms with Crippen LogP contribution in [0.4, 0.5) is 5.69 Å². The fraction of sp³-hybridized carbons (Fsp3) is 0.214. The van der Waals surface area contributed by atoms with Gasteiger partial charge in [0.1, 0.15) is 5.70 Å². The number of phenolic OH excluding ortho intramolecular Hbond substituents is 1. The van der Waals surface area contributed by atoms with Gasteiger partial charge < -0.3 is 26.2 Å². The van der Waals surface area contributed by atoms with E-state index in [0.717, 1.165) is 23.2 Å². The highest BCUT2D eigenvalue weighted by molar-refractivity contribution is 6.07. The van der Waals surface area contributed by atoms with Gasteiger partial charge in [-0.05, 0) is 29.7 Å².